The van der Waals surface area contributed by atoms with Crippen molar-refractivity contribution >= 4 is 11.6 Å². The van der Waals surface area contributed by atoms with Crippen molar-refractivity contribution in [3.8, 4) is 22.8 Å². The molecule has 1 heterocycles. The molecule has 28 heavy (non-hydrogen) atoms. The van der Waals surface area contributed by atoms with E-state index in [1.807, 2.05) is 0 Å². The molecule has 0 fully saturated rings. The molecule has 0 unspecified atom stereocenters. The van der Waals surface area contributed by atoms with Crippen LogP contribution in [0.5, 0.6) is 11.5 Å². The lowest BCUT2D eigenvalue weighted by atomic mass is 10.2. The second-order valence-electron chi connectivity index (χ2n) is 5.86. The van der Waals surface area contributed by atoms with Gasteiger partial charge in [-0.05, 0) is 24.3 Å². The fourth-order valence-electron chi connectivity index (χ4n) is 2.58. The van der Waals surface area contributed by atoms with Crippen LogP contribution < -0.4 is 14.8 Å². The molecule has 2 aromatic carbocycles. The van der Waals surface area contributed by atoms with Gasteiger partial charge in [0.2, 0.25) is 5.91 Å². The number of aromatic nitrogens is 1. The summed E-state index contributed by atoms with van der Waals surface area (Å²) >= 11 is 0. The van der Waals surface area contributed by atoms with Gasteiger partial charge in [0.05, 0.1) is 31.7 Å². The molecule has 0 aliphatic rings. The van der Waals surface area contributed by atoms with E-state index in [0.29, 0.717) is 17.2 Å². The summed E-state index contributed by atoms with van der Waals surface area (Å²) < 4.78 is 42.7. The number of aryl methyl sites for hydroxylation is 1. The van der Waals surface area contributed by atoms with Crippen molar-refractivity contribution in [3.05, 3.63) is 60.1 Å². The van der Waals surface area contributed by atoms with Gasteiger partial charge in [-0.3, -0.25) is 4.79 Å². The Labute approximate surface area is 160 Å². The van der Waals surface area contributed by atoms with Gasteiger partial charge >= 0.3 is 0 Å². The minimum absolute atomic E-state index is 0.0895. The fraction of sp³-hybridized carbons (Fsp3) is 0.200. The molecule has 1 amide bonds. The van der Waals surface area contributed by atoms with E-state index in [1.165, 1.54) is 26.5 Å². The molecule has 0 saturated carbocycles. The number of methoxy groups -OCH3 is 2. The number of ether oxygens (including phenoxy) is 2. The summed E-state index contributed by atoms with van der Waals surface area (Å²) in [7, 11) is 3.03. The molecule has 0 bridgehead atoms. The van der Waals surface area contributed by atoms with Crippen molar-refractivity contribution in [1.82, 2.24) is 4.98 Å². The standard InChI is InChI=1S/C20H18F2N2O4/c1-26-13-4-6-17(27-2)16(10-13)24-19(25)7-8-20-23-11-18(28-20)14-5-3-12(21)9-15(14)22/h3-6,9-11H,7-8H2,1-2H3,(H,24,25). The number of amides is 1. The first-order valence-electron chi connectivity index (χ1n) is 8.42. The first-order chi connectivity index (χ1) is 13.5. The van der Waals surface area contributed by atoms with Crippen molar-refractivity contribution < 1.29 is 27.5 Å². The smallest absolute Gasteiger partial charge is 0.224 e. The third-order valence-electron chi connectivity index (χ3n) is 4.00. The summed E-state index contributed by atoms with van der Waals surface area (Å²) in [4.78, 5) is 16.3. The van der Waals surface area contributed by atoms with Crippen molar-refractivity contribution in [2.75, 3.05) is 19.5 Å². The molecule has 146 valence electrons. The second-order valence-corrected chi connectivity index (χ2v) is 5.86. The maximum Gasteiger partial charge on any atom is 0.224 e. The number of carbonyl (C=O) groups is 1. The lowest BCUT2D eigenvalue weighted by molar-refractivity contribution is -0.116. The molecule has 0 aliphatic carbocycles. The van der Waals surface area contributed by atoms with Crippen molar-refractivity contribution in [1.29, 1.82) is 0 Å². The molecule has 0 aliphatic heterocycles. The monoisotopic (exact) mass is 388 g/mol. The number of carbonyl (C=O) groups excluding carboxylic acids is 1. The van der Waals surface area contributed by atoms with Gasteiger partial charge in [0.15, 0.2) is 11.7 Å². The van der Waals surface area contributed by atoms with E-state index < -0.39 is 11.6 Å². The van der Waals surface area contributed by atoms with Gasteiger partial charge in [0.25, 0.3) is 0 Å². The minimum atomic E-state index is -0.745. The minimum Gasteiger partial charge on any atom is -0.497 e. The highest BCUT2D eigenvalue weighted by Crippen LogP contribution is 2.29. The number of oxazole rings is 1. The Morgan fingerprint density at radius 1 is 1.14 bits per heavy atom. The van der Waals surface area contributed by atoms with Crippen molar-refractivity contribution in [3.63, 3.8) is 0 Å². The topological polar surface area (TPSA) is 73.6 Å². The van der Waals surface area contributed by atoms with E-state index in [-0.39, 0.29) is 36.0 Å². The third kappa shape index (κ3) is 4.46. The summed E-state index contributed by atoms with van der Waals surface area (Å²) in [6.45, 7) is 0. The average molecular weight is 388 g/mol. The SMILES string of the molecule is COc1ccc(OC)c(NC(=O)CCc2ncc(-c3ccc(F)cc3F)o2)c1. The van der Waals surface area contributed by atoms with Crippen LogP contribution >= 0.6 is 0 Å². The van der Waals surface area contributed by atoms with Gasteiger partial charge < -0.3 is 19.2 Å². The van der Waals surface area contributed by atoms with E-state index in [2.05, 4.69) is 10.3 Å². The van der Waals surface area contributed by atoms with Crippen LogP contribution in [0.1, 0.15) is 12.3 Å². The van der Waals surface area contributed by atoms with Crippen LogP contribution in [0.3, 0.4) is 0 Å². The molecule has 0 spiro atoms. The molecule has 8 heteroatoms. The number of anilines is 1. The second kappa shape index (κ2) is 8.51. The van der Waals surface area contributed by atoms with E-state index in [4.69, 9.17) is 13.9 Å². The first-order valence-corrected chi connectivity index (χ1v) is 8.42. The predicted molar refractivity (Wildman–Crippen MR) is 98.4 cm³/mol. The van der Waals surface area contributed by atoms with Gasteiger partial charge in [0.1, 0.15) is 23.1 Å². The lowest BCUT2D eigenvalue weighted by Gasteiger charge is -2.11. The third-order valence-corrected chi connectivity index (χ3v) is 4.00. The quantitative estimate of drug-likeness (QED) is 0.656. The van der Waals surface area contributed by atoms with Gasteiger partial charge in [-0.25, -0.2) is 13.8 Å². The lowest BCUT2D eigenvalue weighted by Crippen LogP contribution is -2.13. The summed E-state index contributed by atoms with van der Waals surface area (Å²) in [5.41, 5.74) is 0.582. The van der Waals surface area contributed by atoms with Crippen LogP contribution in [0.2, 0.25) is 0 Å². The van der Waals surface area contributed by atoms with Gasteiger partial charge in [0, 0.05) is 25.0 Å². The number of hydrogen-bond acceptors (Lipinski definition) is 5. The number of halogens is 2. The highest BCUT2D eigenvalue weighted by molar-refractivity contribution is 5.92. The van der Waals surface area contributed by atoms with Gasteiger partial charge in [-0.2, -0.15) is 0 Å². The van der Waals surface area contributed by atoms with Gasteiger partial charge in [-0.1, -0.05) is 0 Å². The van der Waals surface area contributed by atoms with Crippen LogP contribution in [-0.4, -0.2) is 25.1 Å². The van der Waals surface area contributed by atoms with E-state index >= 15 is 0 Å². The number of nitrogens with zero attached hydrogens (tertiary/aromatic N) is 1. The van der Waals surface area contributed by atoms with E-state index in [9.17, 15) is 13.6 Å². The molecule has 6 nitrogen and oxygen atoms in total. The summed E-state index contributed by atoms with van der Waals surface area (Å²) in [5.74, 6) is -0.182. The van der Waals surface area contributed by atoms with E-state index in [1.54, 1.807) is 18.2 Å². The van der Waals surface area contributed by atoms with Crippen LogP contribution in [-0.2, 0) is 11.2 Å². The van der Waals surface area contributed by atoms with Crippen LogP contribution in [0.25, 0.3) is 11.3 Å². The van der Waals surface area contributed by atoms with E-state index in [0.717, 1.165) is 12.1 Å². The molecule has 0 radical (unpaired) electrons. The summed E-state index contributed by atoms with van der Waals surface area (Å²) in [6.07, 6.45) is 1.64. The maximum absolute atomic E-state index is 13.8. The predicted octanol–water partition coefficient (Wildman–Crippen LogP) is 4.21. The molecular weight excluding hydrogens is 370 g/mol. The molecule has 3 rings (SSSR count). The average Bonchev–Trinajstić information content (AvgIpc) is 3.15. The Balaban J connectivity index is 1.63. The normalized spacial score (nSPS) is 10.6. The Morgan fingerprint density at radius 2 is 1.96 bits per heavy atom. The van der Waals surface area contributed by atoms with Crippen LogP contribution in [0, 0.1) is 11.6 Å². The number of nitrogens with one attached hydrogen (secondary N) is 1. The number of benzene rings is 2. The first kappa shape index (κ1) is 19.3. The number of hydrogen-bond donors (Lipinski definition) is 1. The highest BCUT2D eigenvalue weighted by atomic mass is 19.1. The largest absolute Gasteiger partial charge is 0.497 e. The zero-order valence-corrected chi connectivity index (χ0v) is 15.3. The van der Waals surface area contributed by atoms with Gasteiger partial charge in [-0.15, -0.1) is 0 Å². The molecule has 1 N–H and O–H groups in total. The fourth-order valence-corrected chi connectivity index (χ4v) is 2.58. The highest BCUT2D eigenvalue weighted by Gasteiger charge is 2.14. The number of rotatable bonds is 7. The Hall–Kier alpha value is -3.42. The Bertz CT molecular complexity index is 988. The molecule has 0 atom stereocenters. The molecule has 3 aromatic rings. The maximum atomic E-state index is 13.8. The summed E-state index contributed by atoms with van der Waals surface area (Å²) in [5, 5.41) is 2.75. The summed E-state index contributed by atoms with van der Waals surface area (Å²) in [6, 6.07) is 8.24. The Kier molecular flexibility index (Phi) is 5.88. The molecule has 1 aromatic heterocycles. The van der Waals surface area contributed by atoms with Crippen molar-refractivity contribution in [2.45, 2.75) is 12.8 Å². The molecule has 0 saturated heterocycles. The van der Waals surface area contributed by atoms with Crippen LogP contribution in [0.4, 0.5) is 14.5 Å². The Morgan fingerprint density at radius 3 is 2.68 bits per heavy atom. The zero-order chi connectivity index (χ0) is 20.1. The zero-order valence-electron chi connectivity index (χ0n) is 15.3. The van der Waals surface area contributed by atoms with Crippen LogP contribution in [0.15, 0.2) is 47.0 Å². The van der Waals surface area contributed by atoms with Crippen molar-refractivity contribution in [2.24, 2.45) is 0 Å². The molecular formula is C20H18F2N2O4.